The number of aryl methyl sites for hydroxylation is 3. The minimum absolute atomic E-state index is 0.227. The highest BCUT2D eigenvalue weighted by atomic mass is 16.4. The van der Waals surface area contributed by atoms with Crippen LogP contribution in [0.4, 0.5) is 0 Å². The third-order valence-corrected chi connectivity index (χ3v) is 4.95. The zero-order valence-electron chi connectivity index (χ0n) is 16.5. The zero-order chi connectivity index (χ0) is 19.6. The van der Waals surface area contributed by atoms with Crippen LogP contribution in [-0.4, -0.2) is 25.6 Å². The Hall–Kier alpha value is -2.69. The molecule has 5 nitrogen and oxygen atoms in total. The standard InChI is InChI=1S/C22H27N3O2/c1-5-19-24-21-15(3)13-16(4)23-22(21)25(19)18-9-7-17(8-10-18)12-14(2)6-11-20(26)27/h7-10,13-14H,5-6,11-12H2,1-4H3,(H,26,27). The fraction of sp³-hybridized carbons (Fsp3) is 0.409. The van der Waals surface area contributed by atoms with E-state index in [1.165, 1.54) is 5.56 Å². The molecular formula is C22H27N3O2. The van der Waals surface area contributed by atoms with Crippen LogP contribution in [0.5, 0.6) is 0 Å². The fourth-order valence-corrected chi connectivity index (χ4v) is 3.57. The number of nitrogens with zero attached hydrogens (tertiary/aromatic N) is 3. The number of hydrogen-bond acceptors (Lipinski definition) is 3. The molecule has 3 aromatic rings. The van der Waals surface area contributed by atoms with Gasteiger partial charge in [-0.05, 0) is 61.9 Å². The Morgan fingerprint density at radius 2 is 1.89 bits per heavy atom. The van der Waals surface area contributed by atoms with Gasteiger partial charge < -0.3 is 5.11 Å². The maximum Gasteiger partial charge on any atom is 0.303 e. The van der Waals surface area contributed by atoms with Gasteiger partial charge in [-0.2, -0.15) is 0 Å². The number of benzene rings is 1. The Morgan fingerprint density at radius 1 is 1.19 bits per heavy atom. The van der Waals surface area contributed by atoms with Gasteiger partial charge >= 0.3 is 5.97 Å². The first-order valence-electron chi connectivity index (χ1n) is 9.55. The fourth-order valence-electron chi connectivity index (χ4n) is 3.57. The second-order valence-electron chi connectivity index (χ2n) is 7.38. The number of pyridine rings is 1. The maximum absolute atomic E-state index is 10.7. The van der Waals surface area contributed by atoms with Crippen molar-refractivity contribution in [2.24, 2.45) is 5.92 Å². The summed E-state index contributed by atoms with van der Waals surface area (Å²) in [5.41, 5.74) is 6.30. The predicted molar refractivity (Wildman–Crippen MR) is 107 cm³/mol. The molecule has 142 valence electrons. The summed E-state index contributed by atoms with van der Waals surface area (Å²) in [5, 5.41) is 8.83. The van der Waals surface area contributed by atoms with Gasteiger partial charge in [-0.25, -0.2) is 9.97 Å². The van der Waals surface area contributed by atoms with Crippen LogP contribution in [0.2, 0.25) is 0 Å². The summed E-state index contributed by atoms with van der Waals surface area (Å²) in [6.07, 6.45) is 2.65. The third kappa shape index (κ3) is 4.18. The van der Waals surface area contributed by atoms with E-state index in [4.69, 9.17) is 15.1 Å². The predicted octanol–water partition coefficient (Wildman–Crippen LogP) is 4.64. The molecule has 1 unspecified atom stereocenters. The number of imidazole rings is 1. The lowest BCUT2D eigenvalue weighted by molar-refractivity contribution is -0.137. The molecule has 3 rings (SSSR count). The van der Waals surface area contributed by atoms with Gasteiger partial charge in [0.1, 0.15) is 11.3 Å². The van der Waals surface area contributed by atoms with Crippen LogP contribution in [0.25, 0.3) is 16.9 Å². The van der Waals surface area contributed by atoms with E-state index in [-0.39, 0.29) is 6.42 Å². The lowest BCUT2D eigenvalue weighted by Crippen LogP contribution is -2.05. The van der Waals surface area contributed by atoms with Gasteiger partial charge in [0.2, 0.25) is 0 Å². The van der Waals surface area contributed by atoms with Crippen molar-refractivity contribution in [3.63, 3.8) is 0 Å². The van der Waals surface area contributed by atoms with Gasteiger partial charge in [0.25, 0.3) is 0 Å². The average Bonchev–Trinajstić information content (AvgIpc) is 2.99. The molecule has 0 aliphatic rings. The molecule has 2 heterocycles. The van der Waals surface area contributed by atoms with E-state index in [0.717, 1.165) is 46.8 Å². The van der Waals surface area contributed by atoms with Gasteiger partial charge in [0.05, 0.1) is 0 Å². The Bertz CT molecular complexity index is 958. The molecule has 5 heteroatoms. The maximum atomic E-state index is 10.7. The molecule has 27 heavy (non-hydrogen) atoms. The van der Waals surface area contributed by atoms with E-state index in [1.807, 2.05) is 6.92 Å². The van der Waals surface area contributed by atoms with Crippen molar-refractivity contribution in [1.82, 2.24) is 14.5 Å². The summed E-state index contributed by atoms with van der Waals surface area (Å²) in [6.45, 7) is 8.30. The molecule has 1 aromatic carbocycles. The number of aliphatic carboxylic acids is 1. The van der Waals surface area contributed by atoms with E-state index in [2.05, 4.69) is 55.7 Å². The number of hydrogen-bond donors (Lipinski definition) is 1. The van der Waals surface area contributed by atoms with Crippen LogP contribution in [0.1, 0.15) is 49.3 Å². The lowest BCUT2D eigenvalue weighted by atomic mass is 9.96. The Kier molecular flexibility index (Phi) is 5.59. The molecule has 0 aliphatic carbocycles. The lowest BCUT2D eigenvalue weighted by Gasteiger charge is -2.12. The number of fused-ring (bicyclic) bond motifs is 1. The first-order valence-corrected chi connectivity index (χ1v) is 9.55. The van der Waals surface area contributed by atoms with Crippen molar-refractivity contribution >= 4 is 17.1 Å². The molecule has 0 amide bonds. The van der Waals surface area contributed by atoms with E-state index in [0.29, 0.717) is 12.3 Å². The molecule has 0 saturated heterocycles. The van der Waals surface area contributed by atoms with Gasteiger partial charge in [-0.15, -0.1) is 0 Å². The molecule has 1 atom stereocenters. The highest BCUT2D eigenvalue weighted by molar-refractivity contribution is 5.78. The highest BCUT2D eigenvalue weighted by Gasteiger charge is 2.15. The number of carboxylic acid groups (broad SMARTS) is 1. The molecular weight excluding hydrogens is 338 g/mol. The highest BCUT2D eigenvalue weighted by Crippen LogP contribution is 2.24. The minimum Gasteiger partial charge on any atom is -0.481 e. The van der Waals surface area contributed by atoms with Crippen LogP contribution in [0.3, 0.4) is 0 Å². The molecule has 0 fully saturated rings. The van der Waals surface area contributed by atoms with E-state index < -0.39 is 5.97 Å². The van der Waals surface area contributed by atoms with Crippen LogP contribution in [0.15, 0.2) is 30.3 Å². The summed E-state index contributed by atoms with van der Waals surface area (Å²) < 4.78 is 2.15. The summed E-state index contributed by atoms with van der Waals surface area (Å²) >= 11 is 0. The smallest absolute Gasteiger partial charge is 0.303 e. The van der Waals surface area contributed by atoms with Crippen LogP contribution < -0.4 is 0 Å². The van der Waals surface area contributed by atoms with Gasteiger partial charge in [0, 0.05) is 24.2 Å². The van der Waals surface area contributed by atoms with Crippen LogP contribution in [-0.2, 0) is 17.6 Å². The number of rotatable bonds is 7. The molecule has 1 N–H and O–H groups in total. The third-order valence-electron chi connectivity index (χ3n) is 4.95. The van der Waals surface area contributed by atoms with Crippen molar-refractivity contribution in [3.8, 4) is 5.69 Å². The Labute approximate surface area is 160 Å². The van der Waals surface area contributed by atoms with Crippen molar-refractivity contribution < 1.29 is 9.90 Å². The largest absolute Gasteiger partial charge is 0.481 e. The molecule has 2 aromatic heterocycles. The van der Waals surface area contributed by atoms with Crippen LogP contribution in [0, 0.1) is 19.8 Å². The SMILES string of the molecule is CCc1nc2c(C)cc(C)nc2n1-c1ccc(CC(C)CCC(=O)O)cc1. The molecule has 0 aliphatic heterocycles. The van der Waals surface area contributed by atoms with Crippen molar-refractivity contribution in [3.05, 3.63) is 53.0 Å². The quantitative estimate of drug-likeness (QED) is 0.662. The first-order chi connectivity index (χ1) is 12.9. The van der Waals surface area contributed by atoms with Crippen molar-refractivity contribution in [2.75, 3.05) is 0 Å². The van der Waals surface area contributed by atoms with Crippen molar-refractivity contribution in [2.45, 2.75) is 53.4 Å². The van der Waals surface area contributed by atoms with E-state index >= 15 is 0 Å². The zero-order valence-corrected chi connectivity index (χ0v) is 16.5. The normalized spacial score (nSPS) is 12.4. The Morgan fingerprint density at radius 3 is 2.52 bits per heavy atom. The summed E-state index contributed by atoms with van der Waals surface area (Å²) in [6, 6.07) is 10.5. The summed E-state index contributed by atoms with van der Waals surface area (Å²) in [5.74, 6) is 0.627. The van der Waals surface area contributed by atoms with Crippen LogP contribution >= 0.6 is 0 Å². The van der Waals surface area contributed by atoms with E-state index in [1.54, 1.807) is 0 Å². The number of aromatic nitrogens is 3. The first kappa shape index (κ1) is 19.1. The number of carboxylic acids is 1. The Balaban J connectivity index is 1.90. The van der Waals surface area contributed by atoms with Gasteiger partial charge in [-0.3, -0.25) is 9.36 Å². The van der Waals surface area contributed by atoms with Gasteiger partial charge in [-0.1, -0.05) is 26.0 Å². The molecule has 0 bridgehead atoms. The molecule has 0 spiro atoms. The minimum atomic E-state index is -0.727. The second kappa shape index (κ2) is 7.91. The monoisotopic (exact) mass is 365 g/mol. The molecule has 0 radical (unpaired) electrons. The number of carbonyl (C=O) groups is 1. The summed E-state index contributed by atoms with van der Waals surface area (Å²) in [4.78, 5) is 20.3. The van der Waals surface area contributed by atoms with Gasteiger partial charge in [0.15, 0.2) is 5.65 Å². The summed E-state index contributed by atoms with van der Waals surface area (Å²) in [7, 11) is 0. The molecule has 0 saturated carbocycles. The van der Waals surface area contributed by atoms with Crippen molar-refractivity contribution in [1.29, 1.82) is 0 Å². The average molecular weight is 365 g/mol. The second-order valence-corrected chi connectivity index (χ2v) is 7.38. The topological polar surface area (TPSA) is 68.0 Å². The van der Waals surface area contributed by atoms with E-state index in [9.17, 15) is 4.79 Å².